The van der Waals surface area contributed by atoms with Crippen LogP contribution in [-0.2, 0) is 14.3 Å². The number of carbonyl (C=O) groups excluding carboxylic acids is 2. The molecule has 0 aromatic carbocycles. The van der Waals surface area contributed by atoms with E-state index in [0.717, 1.165) is 6.54 Å². The minimum atomic E-state index is -0.637. The van der Waals surface area contributed by atoms with Gasteiger partial charge in [-0.15, -0.1) is 0 Å². The first-order valence-electron chi connectivity index (χ1n) is 5.59. The summed E-state index contributed by atoms with van der Waals surface area (Å²) in [6.07, 6.45) is 0. The maximum absolute atomic E-state index is 11.4. The molecule has 0 heterocycles. The van der Waals surface area contributed by atoms with E-state index in [1.807, 2.05) is 25.9 Å². The summed E-state index contributed by atoms with van der Waals surface area (Å²) < 4.78 is 4.62. The zero-order valence-electron chi connectivity index (χ0n) is 11.2. The molecule has 17 heavy (non-hydrogen) atoms. The predicted molar refractivity (Wildman–Crippen MR) is 65.6 cm³/mol. The number of rotatable bonds is 7. The molecule has 0 aliphatic carbocycles. The van der Waals surface area contributed by atoms with E-state index >= 15 is 0 Å². The van der Waals surface area contributed by atoms with Crippen molar-refractivity contribution >= 4 is 11.9 Å². The molecule has 0 radical (unpaired) electrons. The third-order valence-corrected chi connectivity index (χ3v) is 2.17. The molecule has 0 aliphatic heterocycles. The van der Waals surface area contributed by atoms with E-state index in [9.17, 15) is 9.59 Å². The van der Waals surface area contributed by atoms with E-state index < -0.39 is 12.0 Å². The van der Waals surface area contributed by atoms with Gasteiger partial charge < -0.3 is 20.3 Å². The lowest BCUT2D eigenvalue weighted by atomic mass is 10.2. The number of nitrogens with zero attached hydrogens (tertiary/aromatic N) is 1. The van der Waals surface area contributed by atoms with Crippen molar-refractivity contribution in [1.82, 2.24) is 15.5 Å². The van der Waals surface area contributed by atoms with Crippen LogP contribution >= 0.6 is 0 Å². The number of methoxy groups -OCH3 is 1. The molecule has 0 fully saturated rings. The number of likely N-dealkylation sites (N-methyl/N-ethyl adjacent to an activating group) is 1. The van der Waals surface area contributed by atoms with Crippen LogP contribution in [0, 0.1) is 0 Å². The van der Waals surface area contributed by atoms with Crippen molar-refractivity contribution < 1.29 is 14.3 Å². The second-order valence-corrected chi connectivity index (χ2v) is 4.35. The molecule has 6 heteroatoms. The zero-order valence-corrected chi connectivity index (χ0v) is 11.2. The summed E-state index contributed by atoms with van der Waals surface area (Å²) in [6.45, 7) is 4.61. The fraction of sp³-hybridized carbons (Fsp3) is 0.818. The SMILES string of the molecule is COC(=O)C(CNC(C)CN(C)C)NC(C)=O. The fourth-order valence-corrected chi connectivity index (χ4v) is 1.51. The maximum atomic E-state index is 11.4. The predicted octanol–water partition coefficient (Wildman–Crippen LogP) is -0.796. The molecule has 0 bridgehead atoms. The standard InChI is InChI=1S/C11H23N3O3/c1-8(7-14(3)4)12-6-10(11(16)17-5)13-9(2)15/h8,10,12H,6-7H2,1-5H3,(H,13,15). The molecule has 2 N–H and O–H groups in total. The Morgan fingerprint density at radius 2 is 1.94 bits per heavy atom. The third kappa shape index (κ3) is 7.70. The maximum Gasteiger partial charge on any atom is 0.329 e. The Kier molecular flexibility index (Phi) is 7.49. The molecule has 2 unspecified atom stereocenters. The topological polar surface area (TPSA) is 70.7 Å². The highest BCUT2D eigenvalue weighted by molar-refractivity contribution is 5.83. The molecule has 0 aromatic heterocycles. The van der Waals surface area contributed by atoms with Gasteiger partial charge in [0.15, 0.2) is 0 Å². The lowest BCUT2D eigenvalue weighted by Gasteiger charge is -2.21. The number of ether oxygens (including phenoxy) is 1. The normalized spacial score (nSPS) is 14.2. The van der Waals surface area contributed by atoms with Crippen LogP contribution in [0.2, 0.25) is 0 Å². The molecular formula is C11H23N3O3. The van der Waals surface area contributed by atoms with Crippen molar-refractivity contribution in [1.29, 1.82) is 0 Å². The largest absolute Gasteiger partial charge is 0.467 e. The van der Waals surface area contributed by atoms with Crippen LogP contribution in [-0.4, -0.2) is 63.2 Å². The van der Waals surface area contributed by atoms with Gasteiger partial charge >= 0.3 is 5.97 Å². The van der Waals surface area contributed by atoms with Gasteiger partial charge in [-0.25, -0.2) is 4.79 Å². The van der Waals surface area contributed by atoms with E-state index in [-0.39, 0.29) is 11.9 Å². The molecule has 0 saturated carbocycles. The van der Waals surface area contributed by atoms with E-state index in [2.05, 4.69) is 15.4 Å². The van der Waals surface area contributed by atoms with Gasteiger partial charge in [0.05, 0.1) is 7.11 Å². The Morgan fingerprint density at radius 3 is 2.35 bits per heavy atom. The lowest BCUT2D eigenvalue weighted by molar-refractivity contribution is -0.144. The van der Waals surface area contributed by atoms with Gasteiger partial charge in [0.2, 0.25) is 5.91 Å². The van der Waals surface area contributed by atoms with Crippen LogP contribution in [0.3, 0.4) is 0 Å². The minimum Gasteiger partial charge on any atom is -0.467 e. The summed E-state index contributed by atoms with van der Waals surface area (Å²) in [7, 11) is 5.26. The summed E-state index contributed by atoms with van der Waals surface area (Å²) in [5.41, 5.74) is 0. The van der Waals surface area contributed by atoms with E-state index in [1.165, 1.54) is 14.0 Å². The molecule has 0 rings (SSSR count). The third-order valence-electron chi connectivity index (χ3n) is 2.17. The van der Waals surface area contributed by atoms with E-state index in [0.29, 0.717) is 6.54 Å². The Balaban J connectivity index is 4.15. The zero-order chi connectivity index (χ0) is 13.4. The highest BCUT2D eigenvalue weighted by Crippen LogP contribution is 1.90. The molecule has 0 spiro atoms. The highest BCUT2D eigenvalue weighted by Gasteiger charge is 2.20. The summed E-state index contributed by atoms with van der Waals surface area (Å²) in [5.74, 6) is -0.688. The average Bonchev–Trinajstić information content (AvgIpc) is 2.21. The van der Waals surface area contributed by atoms with E-state index in [1.54, 1.807) is 0 Å². The van der Waals surface area contributed by atoms with Crippen LogP contribution in [0.4, 0.5) is 0 Å². The summed E-state index contributed by atoms with van der Waals surface area (Å²) in [6, 6.07) is -0.409. The molecule has 0 aromatic rings. The number of esters is 1. The lowest BCUT2D eigenvalue weighted by Crippen LogP contribution is -2.50. The second kappa shape index (κ2) is 8.03. The molecule has 100 valence electrons. The van der Waals surface area contributed by atoms with Crippen LogP contribution in [0.1, 0.15) is 13.8 Å². The number of carbonyl (C=O) groups is 2. The number of hydrogen-bond donors (Lipinski definition) is 2. The summed E-state index contributed by atoms with van der Waals surface area (Å²) in [5, 5.41) is 5.73. The monoisotopic (exact) mass is 245 g/mol. The van der Waals surface area contributed by atoms with Crippen molar-refractivity contribution in [2.75, 3.05) is 34.3 Å². The number of amides is 1. The van der Waals surface area contributed by atoms with Crippen LogP contribution in [0.25, 0.3) is 0 Å². The molecule has 1 amide bonds. The highest BCUT2D eigenvalue weighted by atomic mass is 16.5. The Labute approximate surface area is 103 Å². The Bertz CT molecular complexity index is 256. The van der Waals surface area contributed by atoms with Gasteiger partial charge in [0.25, 0.3) is 0 Å². The quantitative estimate of drug-likeness (QED) is 0.575. The van der Waals surface area contributed by atoms with Gasteiger partial charge in [-0.2, -0.15) is 0 Å². The summed E-state index contributed by atoms with van der Waals surface area (Å²) in [4.78, 5) is 24.4. The minimum absolute atomic E-state index is 0.228. The first kappa shape index (κ1) is 15.9. The molecular weight excluding hydrogens is 222 g/mol. The van der Waals surface area contributed by atoms with Gasteiger partial charge in [-0.05, 0) is 21.0 Å². The molecule has 6 nitrogen and oxygen atoms in total. The molecule has 0 saturated heterocycles. The summed E-state index contributed by atoms with van der Waals surface area (Å²) >= 11 is 0. The van der Waals surface area contributed by atoms with Crippen molar-refractivity contribution in [3.05, 3.63) is 0 Å². The van der Waals surface area contributed by atoms with Crippen LogP contribution < -0.4 is 10.6 Å². The smallest absolute Gasteiger partial charge is 0.329 e. The van der Waals surface area contributed by atoms with Crippen molar-refractivity contribution in [2.45, 2.75) is 25.9 Å². The Hall–Kier alpha value is -1.14. The van der Waals surface area contributed by atoms with Crippen LogP contribution in [0.15, 0.2) is 0 Å². The van der Waals surface area contributed by atoms with Crippen molar-refractivity contribution in [2.24, 2.45) is 0 Å². The molecule has 0 aliphatic rings. The first-order valence-corrected chi connectivity index (χ1v) is 5.59. The van der Waals surface area contributed by atoms with Gasteiger partial charge in [0.1, 0.15) is 6.04 Å². The van der Waals surface area contributed by atoms with Gasteiger partial charge in [-0.3, -0.25) is 4.79 Å². The van der Waals surface area contributed by atoms with E-state index in [4.69, 9.17) is 0 Å². The molecule has 2 atom stereocenters. The Morgan fingerprint density at radius 1 is 1.35 bits per heavy atom. The van der Waals surface area contributed by atoms with Gasteiger partial charge in [-0.1, -0.05) is 0 Å². The first-order chi connectivity index (χ1) is 7.86. The average molecular weight is 245 g/mol. The number of nitrogens with one attached hydrogen (secondary N) is 2. The van der Waals surface area contributed by atoms with Crippen molar-refractivity contribution in [3.63, 3.8) is 0 Å². The second-order valence-electron chi connectivity index (χ2n) is 4.35. The number of hydrogen-bond acceptors (Lipinski definition) is 5. The van der Waals surface area contributed by atoms with Crippen molar-refractivity contribution in [3.8, 4) is 0 Å². The fourth-order valence-electron chi connectivity index (χ4n) is 1.51. The van der Waals surface area contributed by atoms with Gasteiger partial charge in [0, 0.05) is 26.1 Å². The van der Waals surface area contributed by atoms with Crippen LogP contribution in [0.5, 0.6) is 0 Å².